The lowest BCUT2D eigenvalue weighted by atomic mass is 9.81. The molecule has 0 aliphatic heterocycles. The highest BCUT2D eigenvalue weighted by molar-refractivity contribution is 7.17. The van der Waals surface area contributed by atoms with Gasteiger partial charge in [0.15, 0.2) is 0 Å². The fraction of sp³-hybridized carbons (Fsp3) is 0.381. The molecule has 1 amide bonds. The molecule has 1 fully saturated rings. The summed E-state index contributed by atoms with van der Waals surface area (Å²) in [5.41, 5.74) is 0.614. The van der Waals surface area contributed by atoms with Crippen molar-refractivity contribution >= 4 is 44.7 Å². The van der Waals surface area contributed by atoms with Crippen LogP contribution in [0.5, 0.6) is 5.75 Å². The Morgan fingerprint density at radius 3 is 2.73 bits per heavy atom. The number of rotatable bonds is 5. The molecule has 7 nitrogen and oxygen atoms in total. The van der Waals surface area contributed by atoms with Crippen molar-refractivity contribution in [2.24, 2.45) is 11.8 Å². The molecule has 0 atom stereocenters. The van der Waals surface area contributed by atoms with E-state index in [0.29, 0.717) is 46.1 Å². The Kier molecular flexibility index (Phi) is 5.97. The molecular formula is C21H22ClN3O4S. The molecule has 9 heteroatoms. The number of H-pyrrole nitrogens is 1. The van der Waals surface area contributed by atoms with Gasteiger partial charge in [-0.3, -0.25) is 14.2 Å². The zero-order valence-corrected chi connectivity index (χ0v) is 18.0. The maximum atomic E-state index is 12.6. The number of carbonyl (C=O) groups is 1. The summed E-state index contributed by atoms with van der Waals surface area (Å²) < 4.78 is 6.99. The molecule has 2 aromatic heterocycles. The van der Waals surface area contributed by atoms with Crippen LogP contribution in [0.25, 0.3) is 10.2 Å². The van der Waals surface area contributed by atoms with Crippen LogP contribution in [0.2, 0.25) is 5.02 Å². The van der Waals surface area contributed by atoms with Crippen molar-refractivity contribution < 1.29 is 9.53 Å². The number of methoxy groups -OCH3 is 1. The van der Waals surface area contributed by atoms with Crippen LogP contribution < -0.4 is 21.3 Å². The SMILES string of the molecule is COc1ccc(NC(=O)C2CCC(Cn3c(=O)[nH]c4ccsc4c3=O)CC2)cc1Cl. The second-order valence-electron chi connectivity index (χ2n) is 7.57. The van der Waals surface area contributed by atoms with E-state index in [1.165, 1.54) is 15.9 Å². The van der Waals surface area contributed by atoms with E-state index in [1.807, 2.05) is 0 Å². The Balaban J connectivity index is 1.37. The van der Waals surface area contributed by atoms with Crippen LogP contribution in [0.1, 0.15) is 25.7 Å². The first-order chi connectivity index (χ1) is 14.5. The monoisotopic (exact) mass is 447 g/mol. The topological polar surface area (TPSA) is 93.2 Å². The lowest BCUT2D eigenvalue weighted by molar-refractivity contribution is -0.121. The van der Waals surface area contributed by atoms with Crippen LogP contribution in [-0.4, -0.2) is 22.6 Å². The molecule has 0 spiro atoms. The van der Waals surface area contributed by atoms with Gasteiger partial charge in [-0.15, -0.1) is 11.3 Å². The van der Waals surface area contributed by atoms with Crippen molar-refractivity contribution in [3.63, 3.8) is 0 Å². The number of aromatic nitrogens is 2. The summed E-state index contributed by atoms with van der Waals surface area (Å²) in [5, 5.41) is 5.16. The standard InChI is InChI=1S/C21H22ClN3O4S/c1-29-17-7-6-14(10-15(17)22)23-19(26)13-4-2-12(3-5-13)11-25-20(27)18-16(8-9-30-18)24-21(25)28/h6-10,12-13H,2-5,11H2,1H3,(H,23,26)(H,24,28). The van der Waals surface area contributed by atoms with Gasteiger partial charge >= 0.3 is 5.69 Å². The predicted octanol–water partition coefficient (Wildman–Crippen LogP) is 3.86. The number of carbonyl (C=O) groups excluding carboxylic acids is 1. The summed E-state index contributed by atoms with van der Waals surface area (Å²) in [4.78, 5) is 40.3. The number of thiophene rings is 1. The second kappa shape index (κ2) is 8.65. The first kappa shape index (κ1) is 20.7. The number of hydrogen-bond donors (Lipinski definition) is 2. The minimum atomic E-state index is -0.373. The van der Waals surface area contributed by atoms with Crippen LogP contribution in [0.4, 0.5) is 5.69 Å². The number of hydrogen-bond acceptors (Lipinski definition) is 5. The number of benzene rings is 1. The Hall–Kier alpha value is -2.58. The number of amides is 1. The van der Waals surface area contributed by atoms with Crippen LogP contribution in [0.3, 0.4) is 0 Å². The van der Waals surface area contributed by atoms with E-state index in [-0.39, 0.29) is 29.0 Å². The molecule has 158 valence electrons. The molecule has 4 rings (SSSR count). The van der Waals surface area contributed by atoms with Crippen molar-refractivity contribution in [2.75, 3.05) is 12.4 Å². The number of halogens is 1. The van der Waals surface area contributed by atoms with Gasteiger partial charge in [0, 0.05) is 18.2 Å². The third kappa shape index (κ3) is 4.15. The van der Waals surface area contributed by atoms with E-state index in [4.69, 9.17) is 16.3 Å². The number of fused-ring (bicyclic) bond motifs is 1. The molecule has 2 N–H and O–H groups in total. The smallest absolute Gasteiger partial charge is 0.328 e. The van der Waals surface area contributed by atoms with Crippen LogP contribution >= 0.6 is 22.9 Å². The van der Waals surface area contributed by atoms with Gasteiger partial charge in [0.1, 0.15) is 10.4 Å². The minimum absolute atomic E-state index is 0.0373. The van der Waals surface area contributed by atoms with Crippen LogP contribution in [-0.2, 0) is 11.3 Å². The molecule has 1 saturated carbocycles. The van der Waals surface area contributed by atoms with Gasteiger partial charge in [0.2, 0.25) is 5.91 Å². The lowest BCUT2D eigenvalue weighted by Gasteiger charge is -2.28. The van der Waals surface area contributed by atoms with Gasteiger partial charge in [0.05, 0.1) is 17.6 Å². The highest BCUT2D eigenvalue weighted by atomic mass is 35.5. The summed E-state index contributed by atoms with van der Waals surface area (Å²) in [6, 6.07) is 6.89. The summed E-state index contributed by atoms with van der Waals surface area (Å²) >= 11 is 7.45. The summed E-state index contributed by atoms with van der Waals surface area (Å²) in [5.74, 6) is 0.614. The Bertz CT molecular complexity index is 1190. The predicted molar refractivity (Wildman–Crippen MR) is 119 cm³/mol. The third-order valence-corrected chi connectivity index (χ3v) is 6.87. The largest absolute Gasteiger partial charge is 0.495 e. The molecule has 0 saturated heterocycles. The number of nitrogens with zero attached hydrogens (tertiary/aromatic N) is 1. The Morgan fingerprint density at radius 2 is 2.03 bits per heavy atom. The minimum Gasteiger partial charge on any atom is -0.495 e. The zero-order valence-electron chi connectivity index (χ0n) is 16.4. The number of aromatic amines is 1. The number of anilines is 1. The normalized spacial score (nSPS) is 19.0. The van der Waals surface area contributed by atoms with Crippen molar-refractivity contribution in [1.29, 1.82) is 0 Å². The van der Waals surface area contributed by atoms with E-state index < -0.39 is 0 Å². The van der Waals surface area contributed by atoms with Crippen molar-refractivity contribution in [3.8, 4) is 5.75 Å². The van der Waals surface area contributed by atoms with Crippen LogP contribution in [0, 0.1) is 11.8 Å². The first-order valence-electron chi connectivity index (χ1n) is 9.81. The average molecular weight is 448 g/mol. The highest BCUT2D eigenvalue weighted by Gasteiger charge is 2.27. The molecule has 1 aliphatic carbocycles. The third-order valence-electron chi connectivity index (χ3n) is 5.67. The van der Waals surface area contributed by atoms with Crippen molar-refractivity contribution in [3.05, 3.63) is 55.5 Å². The fourth-order valence-corrected chi connectivity index (χ4v) is 5.05. The van der Waals surface area contributed by atoms with E-state index in [9.17, 15) is 14.4 Å². The fourth-order valence-electron chi connectivity index (χ4n) is 3.99. The summed E-state index contributed by atoms with van der Waals surface area (Å²) in [7, 11) is 1.54. The average Bonchev–Trinajstić information content (AvgIpc) is 3.20. The lowest BCUT2D eigenvalue weighted by Crippen LogP contribution is -2.38. The number of nitrogens with one attached hydrogen (secondary N) is 2. The van der Waals surface area contributed by atoms with E-state index >= 15 is 0 Å². The van der Waals surface area contributed by atoms with Crippen LogP contribution in [0.15, 0.2) is 39.2 Å². The van der Waals surface area contributed by atoms with Gasteiger partial charge in [-0.2, -0.15) is 0 Å². The maximum Gasteiger partial charge on any atom is 0.328 e. The maximum absolute atomic E-state index is 12.6. The second-order valence-corrected chi connectivity index (χ2v) is 8.89. The molecule has 1 aliphatic rings. The summed E-state index contributed by atoms with van der Waals surface area (Å²) in [6.45, 7) is 0.379. The zero-order chi connectivity index (χ0) is 21.3. The number of ether oxygens (including phenoxy) is 1. The van der Waals surface area contributed by atoms with Gasteiger partial charge in [-0.25, -0.2) is 4.79 Å². The Morgan fingerprint density at radius 1 is 1.27 bits per heavy atom. The van der Waals surface area contributed by atoms with Gasteiger partial charge in [0.25, 0.3) is 5.56 Å². The molecular weight excluding hydrogens is 426 g/mol. The van der Waals surface area contributed by atoms with E-state index in [0.717, 1.165) is 12.8 Å². The van der Waals surface area contributed by atoms with Gasteiger partial charge in [-0.05, 0) is 61.2 Å². The summed E-state index contributed by atoms with van der Waals surface area (Å²) in [6.07, 6.45) is 3.01. The van der Waals surface area contributed by atoms with Gasteiger partial charge in [-0.1, -0.05) is 11.6 Å². The Labute approximate surface area is 181 Å². The quantitative estimate of drug-likeness (QED) is 0.621. The van der Waals surface area contributed by atoms with E-state index in [1.54, 1.807) is 36.8 Å². The van der Waals surface area contributed by atoms with Crippen molar-refractivity contribution in [1.82, 2.24) is 9.55 Å². The molecule has 0 unspecified atom stereocenters. The van der Waals surface area contributed by atoms with Gasteiger partial charge < -0.3 is 15.0 Å². The first-order valence-corrected chi connectivity index (χ1v) is 11.1. The molecule has 2 heterocycles. The van der Waals surface area contributed by atoms with E-state index in [2.05, 4.69) is 10.3 Å². The molecule has 0 radical (unpaired) electrons. The molecule has 1 aromatic carbocycles. The molecule has 30 heavy (non-hydrogen) atoms. The highest BCUT2D eigenvalue weighted by Crippen LogP contribution is 2.32. The van der Waals surface area contributed by atoms with Crippen molar-refractivity contribution in [2.45, 2.75) is 32.2 Å². The molecule has 0 bridgehead atoms. The molecule has 3 aromatic rings.